The number of hydrogen-bond acceptors (Lipinski definition) is 6. The number of rotatable bonds is 9. The van der Waals surface area contributed by atoms with Gasteiger partial charge in [0.15, 0.2) is 15.5 Å². The van der Waals surface area contributed by atoms with E-state index in [1.54, 1.807) is 28.8 Å². The van der Waals surface area contributed by atoms with E-state index in [-0.39, 0.29) is 10.8 Å². The number of carbonyl (C=O) groups excluding carboxylic acids is 1. The molecule has 1 heterocycles. The molecule has 8 nitrogen and oxygen atoms in total. The zero-order valence-electron chi connectivity index (χ0n) is 18.1. The lowest BCUT2D eigenvalue weighted by Gasteiger charge is -2.17. The van der Waals surface area contributed by atoms with Crippen molar-refractivity contribution < 1.29 is 17.9 Å². The summed E-state index contributed by atoms with van der Waals surface area (Å²) in [5.41, 5.74) is 2.18. The van der Waals surface area contributed by atoms with Gasteiger partial charge in [-0.15, -0.1) is 5.10 Å². The Morgan fingerprint density at radius 1 is 1.16 bits per heavy atom. The number of carbonyl (C=O) groups is 1. The van der Waals surface area contributed by atoms with Crippen molar-refractivity contribution in [2.75, 3.05) is 26.5 Å². The molecule has 0 aliphatic heterocycles. The molecule has 0 radical (unpaired) electrons. The summed E-state index contributed by atoms with van der Waals surface area (Å²) in [5, 5.41) is 8.48. The van der Waals surface area contributed by atoms with E-state index in [1.165, 1.54) is 12.1 Å². The maximum atomic E-state index is 13.1. The summed E-state index contributed by atoms with van der Waals surface area (Å²) in [6, 6.07) is 16.1. The lowest BCUT2D eigenvalue weighted by atomic mass is 10.2. The Kier molecular flexibility index (Phi) is 6.27. The van der Waals surface area contributed by atoms with Crippen LogP contribution in [0.2, 0.25) is 0 Å². The van der Waals surface area contributed by atoms with E-state index in [2.05, 4.69) is 10.3 Å². The van der Waals surface area contributed by atoms with Crippen LogP contribution in [-0.4, -0.2) is 60.7 Å². The number of benzene rings is 2. The molecule has 4 rings (SSSR count). The second kappa shape index (κ2) is 9.12. The molecule has 9 heteroatoms. The van der Waals surface area contributed by atoms with Gasteiger partial charge in [0.05, 0.1) is 22.9 Å². The third kappa shape index (κ3) is 4.99. The Bertz CT molecular complexity index is 1200. The highest BCUT2D eigenvalue weighted by Gasteiger charge is 2.35. The molecule has 168 valence electrons. The van der Waals surface area contributed by atoms with Gasteiger partial charge in [0.25, 0.3) is 5.91 Å². The van der Waals surface area contributed by atoms with Crippen LogP contribution in [0.4, 0.5) is 0 Å². The van der Waals surface area contributed by atoms with Crippen LogP contribution < -0.4 is 4.74 Å². The van der Waals surface area contributed by atoms with Crippen LogP contribution in [0.15, 0.2) is 59.5 Å². The highest BCUT2D eigenvalue weighted by Crippen LogP contribution is 2.42. The molecule has 0 bridgehead atoms. The van der Waals surface area contributed by atoms with Crippen LogP contribution in [0.3, 0.4) is 0 Å². The molecule has 0 N–H and O–H groups in total. The molecule has 1 saturated carbocycles. The highest BCUT2D eigenvalue weighted by atomic mass is 32.2. The first-order chi connectivity index (χ1) is 15.3. The zero-order chi connectivity index (χ0) is 22.7. The van der Waals surface area contributed by atoms with Gasteiger partial charge in [-0.25, -0.2) is 13.1 Å². The van der Waals surface area contributed by atoms with Crippen LogP contribution >= 0.6 is 0 Å². The van der Waals surface area contributed by atoms with Crippen molar-refractivity contribution in [1.82, 2.24) is 19.9 Å². The fraction of sp³-hybridized carbons (Fsp3) is 0.348. The molecule has 1 aliphatic carbocycles. The number of ether oxygens (including phenoxy) is 1. The van der Waals surface area contributed by atoms with Crippen molar-refractivity contribution in [3.63, 3.8) is 0 Å². The van der Waals surface area contributed by atoms with Crippen molar-refractivity contribution in [2.24, 2.45) is 0 Å². The summed E-state index contributed by atoms with van der Waals surface area (Å²) < 4.78 is 30.8. The monoisotopic (exact) mass is 454 g/mol. The number of para-hydroxylation sites is 1. The van der Waals surface area contributed by atoms with Crippen LogP contribution in [0.5, 0.6) is 5.75 Å². The first kappa shape index (κ1) is 22.0. The van der Waals surface area contributed by atoms with E-state index in [0.717, 1.165) is 30.5 Å². The smallest absolute Gasteiger partial charge is 0.276 e. The normalized spacial score (nSPS) is 13.7. The van der Waals surface area contributed by atoms with Gasteiger partial charge in [0.1, 0.15) is 5.75 Å². The van der Waals surface area contributed by atoms with Crippen molar-refractivity contribution in [1.29, 1.82) is 0 Å². The second-order valence-corrected chi connectivity index (χ2v) is 10.0. The number of nitrogens with zero attached hydrogens (tertiary/aromatic N) is 4. The zero-order valence-corrected chi connectivity index (χ0v) is 19.0. The molecule has 1 fully saturated rings. The van der Waals surface area contributed by atoms with Gasteiger partial charge in [0.2, 0.25) is 0 Å². The fourth-order valence-electron chi connectivity index (χ4n) is 3.49. The van der Waals surface area contributed by atoms with Gasteiger partial charge in [-0.05, 0) is 49.6 Å². The molecule has 2 aromatic carbocycles. The Morgan fingerprint density at radius 2 is 1.91 bits per heavy atom. The van der Waals surface area contributed by atoms with Gasteiger partial charge in [-0.3, -0.25) is 4.79 Å². The standard InChI is InChI=1S/C23H26N4O4S/c1-26(14-7-15-31-19-10-6-11-20(16-19)32(2,29)30)23(28)21-22(17-12-13-17)27(25-24-21)18-8-4-3-5-9-18/h3-6,8-11,16-17H,7,12-15H2,1-2H3. The predicted molar refractivity (Wildman–Crippen MR) is 120 cm³/mol. The average Bonchev–Trinajstić information content (AvgIpc) is 3.54. The first-order valence-corrected chi connectivity index (χ1v) is 12.4. The molecule has 32 heavy (non-hydrogen) atoms. The van der Waals surface area contributed by atoms with E-state index >= 15 is 0 Å². The van der Waals surface area contributed by atoms with Crippen LogP contribution in [-0.2, 0) is 9.84 Å². The summed E-state index contributed by atoms with van der Waals surface area (Å²) in [4.78, 5) is 14.9. The Balaban J connectivity index is 1.37. The summed E-state index contributed by atoms with van der Waals surface area (Å²) in [5.74, 6) is 0.639. The van der Waals surface area contributed by atoms with Gasteiger partial charge < -0.3 is 9.64 Å². The Morgan fingerprint density at radius 3 is 2.59 bits per heavy atom. The van der Waals surface area contributed by atoms with Crippen LogP contribution in [0.25, 0.3) is 5.69 Å². The molecule has 0 saturated heterocycles. The average molecular weight is 455 g/mol. The molecular weight excluding hydrogens is 428 g/mol. The van der Waals surface area contributed by atoms with Crippen molar-refractivity contribution in [3.8, 4) is 11.4 Å². The van der Waals surface area contributed by atoms with Crippen LogP contribution in [0, 0.1) is 0 Å². The SMILES string of the molecule is CN(CCCOc1cccc(S(C)(=O)=O)c1)C(=O)c1nnn(-c2ccccc2)c1C1CC1. The minimum Gasteiger partial charge on any atom is -0.493 e. The van der Waals surface area contributed by atoms with Gasteiger partial charge >= 0.3 is 0 Å². The van der Waals surface area contributed by atoms with Gasteiger partial charge in [-0.1, -0.05) is 29.5 Å². The molecule has 1 aliphatic rings. The van der Waals surface area contributed by atoms with E-state index in [0.29, 0.717) is 36.9 Å². The fourth-order valence-corrected chi connectivity index (χ4v) is 4.15. The lowest BCUT2D eigenvalue weighted by Crippen LogP contribution is -2.29. The molecule has 0 unspecified atom stereocenters. The van der Waals surface area contributed by atoms with Crippen LogP contribution in [0.1, 0.15) is 41.4 Å². The van der Waals surface area contributed by atoms with Crippen molar-refractivity contribution >= 4 is 15.7 Å². The predicted octanol–water partition coefficient (Wildman–Crippen LogP) is 3.09. The van der Waals surface area contributed by atoms with E-state index < -0.39 is 9.84 Å². The number of amides is 1. The quantitative estimate of drug-likeness (QED) is 0.461. The van der Waals surface area contributed by atoms with E-state index in [9.17, 15) is 13.2 Å². The second-order valence-electron chi connectivity index (χ2n) is 8.02. The molecule has 0 atom stereocenters. The lowest BCUT2D eigenvalue weighted by molar-refractivity contribution is 0.0780. The highest BCUT2D eigenvalue weighted by molar-refractivity contribution is 7.90. The Labute approximate surface area is 187 Å². The summed E-state index contributed by atoms with van der Waals surface area (Å²) in [6.07, 6.45) is 3.82. The number of hydrogen-bond donors (Lipinski definition) is 0. The summed E-state index contributed by atoms with van der Waals surface area (Å²) in [7, 11) is -1.54. The van der Waals surface area contributed by atoms with Crippen molar-refractivity contribution in [3.05, 3.63) is 66.0 Å². The number of aromatic nitrogens is 3. The van der Waals surface area contributed by atoms with Gasteiger partial charge in [0, 0.05) is 25.8 Å². The molecule has 1 amide bonds. The minimum atomic E-state index is -3.28. The topological polar surface area (TPSA) is 94.4 Å². The van der Waals surface area contributed by atoms with Crippen molar-refractivity contribution in [2.45, 2.75) is 30.1 Å². The summed E-state index contributed by atoms with van der Waals surface area (Å²) >= 11 is 0. The maximum absolute atomic E-state index is 13.1. The first-order valence-electron chi connectivity index (χ1n) is 10.5. The van der Waals surface area contributed by atoms with E-state index in [1.807, 2.05) is 30.3 Å². The Hall–Kier alpha value is -3.20. The third-order valence-corrected chi connectivity index (χ3v) is 6.47. The number of sulfone groups is 1. The largest absolute Gasteiger partial charge is 0.493 e. The van der Waals surface area contributed by atoms with E-state index in [4.69, 9.17) is 4.74 Å². The van der Waals surface area contributed by atoms with Gasteiger partial charge in [-0.2, -0.15) is 0 Å². The minimum absolute atomic E-state index is 0.159. The molecule has 0 spiro atoms. The molecule has 1 aromatic heterocycles. The maximum Gasteiger partial charge on any atom is 0.276 e. The molecule has 3 aromatic rings. The molecular formula is C23H26N4O4S. The summed E-state index contributed by atoms with van der Waals surface area (Å²) in [6.45, 7) is 0.837. The third-order valence-electron chi connectivity index (χ3n) is 5.36.